The number of likely N-dealkylation sites (tertiary alicyclic amines) is 1. The summed E-state index contributed by atoms with van der Waals surface area (Å²) in [7, 11) is -5.83. The average Bonchev–Trinajstić information content (AvgIpc) is 2.95. The number of aliphatic hydroxyl groups is 1. The van der Waals surface area contributed by atoms with E-state index in [0.717, 1.165) is 12.1 Å². The molecule has 1 aliphatic rings. The number of carbonyl (C=O) groups excluding carboxylic acids is 2. The number of amides is 1. The molecule has 1 saturated heterocycles. The first-order valence-electron chi connectivity index (χ1n) is 10.9. The quantitative estimate of drug-likeness (QED) is 0.337. The SMILES string of the molecule is CC(C)(C)OC(=O)O[C@H]1CN(C(=O)OC(C)(C)C)[C@H](Cc2ccc(OS(=O)(=O)C(F)(F)F)cc2)[C@@H]1O. The van der Waals surface area contributed by atoms with Crippen molar-refractivity contribution in [1.29, 1.82) is 0 Å². The molecule has 2 rings (SSSR count). The van der Waals surface area contributed by atoms with Gasteiger partial charge >= 0.3 is 27.9 Å². The lowest BCUT2D eigenvalue weighted by Crippen LogP contribution is -2.43. The van der Waals surface area contributed by atoms with E-state index in [-0.39, 0.29) is 13.0 Å². The second-order valence-electron chi connectivity index (χ2n) is 10.1. The van der Waals surface area contributed by atoms with Crippen LogP contribution in [0.3, 0.4) is 0 Å². The van der Waals surface area contributed by atoms with Gasteiger partial charge in [0.15, 0.2) is 6.10 Å². The molecule has 1 fully saturated rings. The van der Waals surface area contributed by atoms with Crippen LogP contribution in [0.4, 0.5) is 22.8 Å². The van der Waals surface area contributed by atoms with Crippen molar-refractivity contribution in [2.24, 2.45) is 0 Å². The number of hydrogen-bond donors (Lipinski definition) is 1. The summed E-state index contributed by atoms with van der Waals surface area (Å²) in [6.45, 7) is 9.62. The number of hydrogen-bond acceptors (Lipinski definition) is 9. The predicted molar refractivity (Wildman–Crippen MR) is 120 cm³/mol. The van der Waals surface area contributed by atoms with Gasteiger partial charge in [0.1, 0.15) is 23.1 Å². The summed E-state index contributed by atoms with van der Waals surface area (Å²) >= 11 is 0. The van der Waals surface area contributed by atoms with Gasteiger partial charge in [-0.3, -0.25) is 4.90 Å². The minimum absolute atomic E-state index is 0.0269. The van der Waals surface area contributed by atoms with Gasteiger partial charge in [0, 0.05) is 0 Å². The molecule has 1 aromatic carbocycles. The van der Waals surface area contributed by atoms with E-state index in [4.69, 9.17) is 14.2 Å². The first kappa shape index (κ1) is 29.5. The molecule has 1 heterocycles. The highest BCUT2D eigenvalue weighted by molar-refractivity contribution is 7.88. The first-order valence-corrected chi connectivity index (χ1v) is 12.3. The number of ether oxygens (including phenoxy) is 3. The lowest BCUT2D eigenvalue weighted by atomic mass is 10.0. The Hall–Kier alpha value is -2.74. The zero-order valence-corrected chi connectivity index (χ0v) is 21.5. The Bertz CT molecular complexity index is 1040. The van der Waals surface area contributed by atoms with Gasteiger partial charge in [0.05, 0.1) is 12.6 Å². The molecule has 1 aliphatic heterocycles. The summed E-state index contributed by atoms with van der Waals surface area (Å²) < 4.78 is 79.7. The van der Waals surface area contributed by atoms with Crippen molar-refractivity contribution in [3.63, 3.8) is 0 Å². The monoisotopic (exact) mass is 541 g/mol. The van der Waals surface area contributed by atoms with Gasteiger partial charge in [-0.05, 0) is 65.7 Å². The summed E-state index contributed by atoms with van der Waals surface area (Å²) in [6.07, 6.45) is -4.34. The van der Waals surface area contributed by atoms with E-state index in [1.54, 1.807) is 41.5 Å². The zero-order valence-electron chi connectivity index (χ0n) is 20.7. The van der Waals surface area contributed by atoms with Gasteiger partial charge in [0.2, 0.25) is 0 Å². The Balaban J connectivity index is 2.22. The van der Waals surface area contributed by atoms with Crippen molar-refractivity contribution in [1.82, 2.24) is 4.90 Å². The van der Waals surface area contributed by atoms with Crippen molar-refractivity contribution in [3.8, 4) is 5.75 Å². The van der Waals surface area contributed by atoms with Gasteiger partial charge in [0.25, 0.3) is 0 Å². The van der Waals surface area contributed by atoms with Crippen LogP contribution < -0.4 is 4.18 Å². The highest BCUT2D eigenvalue weighted by Gasteiger charge is 2.49. The van der Waals surface area contributed by atoms with Crippen molar-refractivity contribution >= 4 is 22.4 Å². The Kier molecular flexibility index (Phi) is 8.46. The van der Waals surface area contributed by atoms with Crippen LogP contribution in [0.1, 0.15) is 47.1 Å². The largest absolute Gasteiger partial charge is 0.534 e. The molecular formula is C22H30F3NO9S. The Morgan fingerprint density at radius 1 is 1.00 bits per heavy atom. The molecule has 14 heteroatoms. The number of benzene rings is 1. The van der Waals surface area contributed by atoms with Crippen molar-refractivity contribution in [3.05, 3.63) is 29.8 Å². The van der Waals surface area contributed by atoms with Crippen molar-refractivity contribution in [2.45, 2.75) is 82.9 Å². The van der Waals surface area contributed by atoms with Crippen LogP contribution in [-0.4, -0.2) is 72.2 Å². The molecule has 1 N–H and O–H groups in total. The number of carbonyl (C=O) groups is 2. The molecular weight excluding hydrogens is 511 g/mol. The summed E-state index contributed by atoms with van der Waals surface area (Å²) in [5.41, 5.74) is -6.88. The van der Waals surface area contributed by atoms with Crippen LogP contribution in [-0.2, 0) is 30.7 Å². The second kappa shape index (κ2) is 10.3. The van der Waals surface area contributed by atoms with E-state index in [0.29, 0.717) is 5.56 Å². The lowest BCUT2D eigenvalue weighted by molar-refractivity contribution is -0.0501. The molecule has 1 aromatic rings. The van der Waals surface area contributed by atoms with Crippen LogP contribution in [0.15, 0.2) is 24.3 Å². The molecule has 3 atom stereocenters. The maximum atomic E-state index is 12.8. The molecule has 36 heavy (non-hydrogen) atoms. The molecule has 0 unspecified atom stereocenters. The van der Waals surface area contributed by atoms with Gasteiger partial charge < -0.3 is 23.5 Å². The van der Waals surface area contributed by atoms with Crippen molar-refractivity contribution in [2.75, 3.05) is 6.54 Å². The van der Waals surface area contributed by atoms with Gasteiger partial charge in [-0.25, -0.2) is 9.59 Å². The fourth-order valence-corrected chi connectivity index (χ4v) is 3.69. The van der Waals surface area contributed by atoms with E-state index in [1.165, 1.54) is 17.0 Å². The minimum Gasteiger partial charge on any atom is -0.444 e. The molecule has 204 valence electrons. The molecule has 0 bridgehead atoms. The summed E-state index contributed by atoms with van der Waals surface area (Å²) in [5.74, 6) is -0.571. The predicted octanol–water partition coefficient (Wildman–Crippen LogP) is 3.76. The third-order valence-corrected chi connectivity index (χ3v) is 5.65. The molecule has 1 amide bonds. The molecule has 0 radical (unpaired) electrons. The van der Waals surface area contributed by atoms with Crippen LogP contribution in [0.25, 0.3) is 0 Å². The van der Waals surface area contributed by atoms with Crippen LogP contribution in [0.2, 0.25) is 0 Å². The standard InChI is InChI=1S/C22H30F3NO9S/c1-20(2,3)33-18(28)26-12-16(32-19(29)34-21(4,5)6)17(27)15(26)11-13-7-9-14(10-8-13)35-36(30,31)22(23,24)25/h7-10,15-17,27H,11-12H2,1-6H3/t15-,16+,17+/m1/s1. The zero-order chi connectivity index (χ0) is 27.7. The number of alkyl halides is 3. The fourth-order valence-electron chi connectivity index (χ4n) is 3.23. The van der Waals surface area contributed by atoms with E-state index < -0.39 is 63.1 Å². The van der Waals surface area contributed by atoms with Gasteiger partial charge in [-0.2, -0.15) is 21.6 Å². The maximum Gasteiger partial charge on any atom is 0.534 e. The summed E-state index contributed by atoms with van der Waals surface area (Å²) in [4.78, 5) is 26.1. The Morgan fingerprint density at radius 2 is 1.53 bits per heavy atom. The fraction of sp³-hybridized carbons (Fsp3) is 0.636. The molecule has 10 nitrogen and oxygen atoms in total. The molecule has 0 spiro atoms. The highest BCUT2D eigenvalue weighted by atomic mass is 32.2. The minimum atomic E-state index is -5.83. The summed E-state index contributed by atoms with van der Waals surface area (Å²) in [6, 6.07) is 3.63. The van der Waals surface area contributed by atoms with E-state index in [1.807, 2.05) is 0 Å². The third-order valence-electron chi connectivity index (χ3n) is 4.67. The molecule has 0 aliphatic carbocycles. The number of aliphatic hydroxyl groups excluding tert-OH is 1. The molecule has 0 saturated carbocycles. The van der Waals surface area contributed by atoms with E-state index >= 15 is 0 Å². The number of nitrogens with zero attached hydrogens (tertiary/aromatic N) is 1. The normalized spacial score (nSPS) is 21.2. The summed E-state index contributed by atoms with van der Waals surface area (Å²) in [5, 5.41) is 10.9. The Morgan fingerprint density at radius 3 is 2.00 bits per heavy atom. The number of rotatable bonds is 5. The van der Waals surface area contributed by atoms with Gasteiger partial charge in [-0.1, -0.05) is 12.1 Å². The Labute approximate surface area is 207 Å². The van der Waals surface area contributed by atoms with Crippen LogP contribution in [0.5, 0.6) is 5.75 Å². The van der Waals surface area contributed by atoms with Crippen LogP contribution >= 0.6 is 0 Å². The average molecular weight is 542 g/mol. The van der Waals surface area contributed by atoms with E-state index in [2.05, 4.69) is 4.18 Å². The van der Waals surface area contributed by atoms with Crippen LogP contribution in [0, 0.1) is 0 Å². The highest BCUT2D eigenvalue weighted by Crippen LogP contribution is 2.30. The molecule has 0 aromatic heterocycles. The number of halogens is 3. The van der Waals surface area contributed by atoms with Crippen molar-refractivity contribution < 1.29 is 54.7 Å². The topological polar surface area (TPSA) is 129 Å². The smallest absolute Gasteiger partial charge is 0.444 e. The second-order valence-corrected chi connectivity index (χ2v) is 11.7. The maximum absolute atomic E-state index is 12.8. The third kappa shape index (κ3) is 8.15. The first-order chi connectivity index (χ1) is 16.2. The van der Waals surface area contributed by atoms with Gasteiger partial charge in [-0.15, -0.1) is 0 Å². The lowest BCUT2D eigenvalue weighted by Gasteiger charge is -2.29. The van der Waals surface area contributed by atoms with E-state index in [9.17, 15) is 36.3 Å².